The van der Waals surface area contributed by atoms with Gasteiger partial charge in [0.2, 0.25) is 11.9 Å². The summed E-state index contributed by atoms with van der Waals surface area (Å²) < 4.78 is 24.9. The number of hydrogen-bond acceptors (Lipinski definition) is 12. The van der Waals surface area contributed by atoms with E-state index < -0.39 is 39.5 Å². The quantitative estimate of drug-likeness (QED) is 0.242. The van der Waals surface area contributed by atoms with E-state index in [4.69, 9.17) is 15.0 Å². The summed E-state index contributed by atoms with van der Waals surface area (Å²) in [5.74, 6) is 0.0905. The van der Waals surface area contributed by atoms with Crippen LogP contribution in [0.3, 0.4) is 0 Å². The van der Waals surface area contributed by atoms with Crippen molar-refractivity contribution >= 4 is 49.1 Å². The first-order chi connectivity index (χ1) is 19.5. The van der Waals surface area contributed by atoms with Crippen LogP contribution in [-0.2, 0) is 14.6 Å². The molecular weight excluding hydrogens is 566 g/mol. The molecule has 0 unspecified atom stereocenters. The fraction of sp³-hybridized carbons (Fsp3) is 0.593. The number of nitrogens with one attached hydrogen (secondary N) is 3. The van der Waals surface area contributed by atoms with Crippen LogP contribution in [-0.4, -0.2) is 87.3 Å². The Kier molecular flexibility index (Phi) is 7.15. The number of sulfone groups is 1. The van der Waals surface area contributed by atoms with Crippen molar-refractivity contribution in [2.45, 2.75) is 75.2 Å². The zero-order valence-electron chi connectivity index (χ0n) is 23.2. The minimum absolute atomic E-state index is 0.132. The summed E-state index contributed by atoms with van der Waals surface area (Å²) in [4.78, 5) is 31.8. The maximum atomic E-state index is 12.7. The standard InChI is InChI=1S/C27H35N7O5S2/c1-13-18(24-32-20-17(40-24)7-10-29-19(20)14-5-6-14)23(31-16-11-15(12-41(3,38)39)21(35)22(16)36)33-26(30-13)34-27(8-4-9-27)25(37)28-2/h7,10,14-16,21-22,35-36H,4-6,8-9,11-12H2,1-3H3,(H,28,37)(H2,30,31,33,34)/t15-,16-,21-,22+/m1/s1. The van der Waals surface area contributed by atoms with E-state index in [2.05, 4.69) is 20.9 Å². The summed E-state index contributed by atoms with van der Waals surface area (Å²) >= 11 is 1.50. The van der Waals surface area contributed by atoms with E-state index in [0.717, 1.165) is 41.4 Å². The number of anilines is 2. The molecule has 3 aliphatic carbocycles. The molecule has 0 aliphatic heterocycles. The number of rotatable bonds is 9. The van der Waals surface area contributed by atoms with Crippen molar-refractivity contribution in [3.8, 4) is 10.6 Å². The molecule has 41 heavy (non-hydrogen) atoms. The van der Waals surface area contributed by atoms with Crippen LogP contribution in [0.4, 0.5) is 11.8 Å². The number of aliphatic hydroxyl groups excluding tert-OH is 2. The first-order valence-corrected chi connectivity index (χ1v) is 16.8. The Bertz CT molecular complexity index is 1600. The van der Waals surface area contributed by atoms with Gasteiger partial charge in [-0.25, -0.2) is 18.4 Å². The summed E-state index contributed by atoms with van der Waals surface area (Å²) in [6.45, 7) is 1.85. The molecule has 0 saturated heterocycles. The number of amides is 1. The predicted octanol–water partition coefficient (Wildman–Crippen LogP) is 1.98. The molecule has 3 heterocycles. The summed E-state index contributed by atoms with van der Waals surface area (Å²) in [6.07, 6.45) is 5.15. The Hall–Kier alpha value is -2.94. The van der Waals surface area contributed by atoms with E-state index in [1.807, 2.05) is 19.2 Å². The lowest BCUT2D eigenvalue weighted by Crippen LogP contribution is -2.56. The number of carbonyl (C=O) groups is 1. The van der Waals surface area contributed by atoms with Gasteiger partial charge in [-0.3, -0.25) is 9.78 Å². The zero-order valence-corrected chi connectivity index (χ0v) is 24.8. The maximum Gasteiger partial charge on any atom is 0.245 e. The molecule has 4 atom stereocenters. The topological polar surface area (TPSA) is 179 Å². The van der Waals surface area contributed by atoms with E-state index in [-0.39, 0.29) is 24.0 Å². The van der Waals surface area contributed by atoms with E-state index in [9.17, 15) is 23.4 Å². The van der Waals surface area contributed by atoms with Gasteiger partial charge in [-0.1, -0.05) is 0 Å². The van der Waals surface area contributed by atoms with Gasteiger partial charge in [-0.05, 0) is 51.5 Å². The highest BCUT2D eigenvalue weighted by Crippen LogP contribution is 2.45. The normalized spacial score (nSPS) is 25.6. The van der Waals surface area contributed by atoms with Crippen molar-refractivity contribution in [2.75, 3.05) is 29.7 Å². The molecule has 0 aromatic carbocycles. The molecule has 3 aromatic rings. The fourth-order valence-corrected chi connectivity index (χ4v) is 8.19. The second kappa shape index (κ2) is 10.4. The molecule has 220 valence electrons. The zero-order chi connectivity index (χ0) is 29.1. The number of aromatic nitrogens is 4. The minimum Gasteiger partial charge on any atom is -0.390 e. The summed E-state index contributed by atoms with van der Waals surface area (Å²) in [6, 6.07) is 1.28. The molecular formula is C27H35N7O5S2. The summed E-state index contributed by atoms with van der Waals surface area (Å²) in [5.41, 5.74) is 2.32. The molecule has 14 heteroatoms. The number of nitrogens with zero attached hydrogens (tertiary/aromatic N) is 4. The van der Waals surface area contributed by atoms with Crippen molar-refractivity contribution in [1.82, 2.24) is 25.3 Å². The fourth-order valence-electron chi connectivity index (χ4n) is 6.02. The summed E-state index contributed by atoms with van der Waals surface area (Å²) in [7, 11) is -1.76. The number of hydrogen-bond donors (Lipinski definition) is 5. The van der Waals surface area contributed by atoms with Gasteiger partial charge >= 0.3 is 0 Å². The monoisotopic (exact) mass is 601 g/mol. The number of carbonyl (C=O) groups excluding carboxylic acids is 1. The Labute approximate surface area is 242 Å². The Morgan fingerprint density at radius 3 is 2.56 bits per heavy atom. The molecule has 3 aromatic heterocycles. The summed E-state index contributed by atoms with van der Waals surface area (Å²) in [5, 5.41) is 31.5. The number of aliphatic hydroxyl groups is 2. The minimum atomic E-state index is -3.36. The molecule has 3 fully saturated rings. The molecule has 0 radical (unpaired) electrons. The third-order valence-corrected chi connectivity index (χ3v) is 10.5. The third kappa shape index (κ3) is 5.38. The highest BCUT2D eigenvalue weighted by molar-refractivity contribution is 7.90. The van der Waals surface area contributed by atoms with Crippen LogP contribution < -0.4 is 16.0 Å². The van der Waals surface area contributed by atoms with Gasteiger partial charge in [0.25, 0.3) is 0 Å². The SMILES string of the molecule is CNC(=O)C1(Nc2nc(C)c(-c3nc4c(C5CC5)nccc4s3)c(N[C@@H]3C[C@H](CS(C)(=O)=O)[C@@H](O)[C@H]3O)n2)CCC1. The molecule has 1 amide bonds. The molecule has 0 bridgehead atoms. The third-order valence-electron chi connectivity index (χ3n) is 8.46. The maximum absolute atomic E-state index is 12.7. The lowest BCUT2D eigenvalue weighted by molar-refractivity contribution is -0.127. The largest absolute Gasteiger partial charge is 0.390 e. The number of aryl methyl sites for hydroxylation is 1. The van der Waals surface area contributed by atoms with Crippen LogP contribution in [0.2, 0.25) is 0 Å². The smallest absolute Gasteiger partial charge is 0.245 e. The molecule has 3 saturated carbocycles. The van der Waals surface area contributed by atoms with Crippen LogP contribution >= 0.6 is 11.3 Å². The van der Waals surface area contributed by atoms with Crippen molar-refractivity contribution < 1.29 is 23.4 Å². The van der Waals surface area contributed by atoms with Gasteiger partial charge in [0.05, 0.1) is 39.5 Å². The van der Waals surface area contributed by atoms with Crippen LogP contribution in [0.5, 0.6) is 0 Å². The average molecular weight is 602 g/mol. The lowest BCUT2D eigenvalue weighted by atomic mass is 9.76. The van der Waals surface area contributed by atoms with Crippen molar-refractivity contribution in [1.29, 1.82) is 0 Å². The highest BCUT2D eigenvalue weighted by Gasteiger charge is 2.45. The van der Waals surface area contributed by atoms with Crippen LogP contribution in [0.1, 0.15) is 55.8 Å². The first kappa shape index (κ1) is 28.2. The number of fused-ring (bicyclic) bond motifs is 1. The van der Waals surface area contributed by atoms with Crippen molar-refractivity contribution in [2.24, 2.45) is 5.92 Å². The predicted molar refractivity (Wildman–Crippen MR) is 157 cm³/mol. The highest BCUT2D eigenvalue weighted by atomic mass is 32.2. The van der Waals surface area contributed by atoms with Crippen molar-refractivity contribution in [3.63, 3.8) is 0 Å². The molecule has 12 nitrogen and oxygen atoms in total. The van der Waals surface area contributed by atoms with E-state index in [1.54, 1.807) is 7.05 Å². The van der Waals surface area contributed by atoms with E-state index >= 15 is 0 Å². The molecule has 6 rings (SSSR count). The average Bonchev–Trinajstić information content (AvgIpc) is 3.60. The number of thiazole rings is 1. The second-order valence-corrected chi connectivity index (χ2v) is 14.9. The number of pyridine rings is 1. The number of likely N-dealkylation sites (N-methyl/N-ethyl adjacent to an activating group) is 1. The first-order valence-electron chi connectivity index (χ1n) is 13.9. The van der Waals surface area contributed by atoms with Crippen LogP contribution in [0.15, 0.2) is 12.3 Å². The lowest BCUT2D eigenvalue weighted by Gasteiger charge is -2.40. The van der Waals surface area contributed by atoms with Crippen LogP contribution in [0.25, 0.3) is 20.8 Å². The van der Waals surface area contributed by atoms with E-state index in [0.29, 0.717) is 40.8 Å². The second-order valence-electron chi connectivity index (χ2n) is 11.7. The van der Waals surface area contributed by atoms with Crippen LogP contribution in [0, 0.1) is 12.8 Å². The van der Waals surface area contributed by atoms with Gasteiger partial charge in [-0.2, -0.15) is 4.98 Å². The van der Waals surface area contributed by atoms with E-state index in [1.165, 1.54) is 11.3 Å². The Morgan fingerprint density at radius 2 is 1.93 bits per heavy atom. The van der Waals surface area contributed by atoms with Gasteiger partial charge in [0, 0.05) is 31.3 Å². The Morgan fingerprint density at radius 1 is 1.17 bits per heavy atom. The van der Waals surface area contributed by atoms with Crippen molar-refractivity contribution in [3.05, 3.63) is 23.7 Å². The molecule has 3 aliphatic rings. The molecule has 5 N–H and O–H groups in total. The van der Waals surface area contributed by atoms with Gasteiger partial charge in [0.15, 0.2) is 0 Å². The Balaban J connectivity index is 1.40. The van der Waals surface area contributed by atoms with Gasteiger partial charge in [0.1, 0.15) is 37.8 Å². The van der Waals surface area contributed by atoms with Gasteiger partial charge in [-0.15, -0.1) is 11.3 Å². The molecule has 0 spiro atoms. The van der Waals surface area contributed by atoms with Gasteiger partial charge < -0.3 is 26.2 Å².